The van der Waals surface area contributed by atoms with E-state index in [1.165, 1.54) is 44.1 Å². The van der Waals surface area contributed by atoms with Gasteiger partial charge in [0.15, 0.2) is 18.0 Å². The van der Waals surface area contributed by atoms with Gasteiger partial charge in [-0.25, -0.2) is 0 Å². The van der Waals surface area contributed by atoms with Gasteiger partial charge in [0.2, 0.25) is 5.69 Å². The van der Waals surface area contributed by atoms with E-state index in [1.54, 1.807) is 0 Å². The molecule has 4 aromatic carbocycles. The van der Waals surface area contributed by atoms with Crippen molar-refractivity contribution in [2.45, 2.75) is 70.8 Å². The number of carbonyl (C=O) groups excluding carboxylic acids is 1. The number of hydrogen-bond donors (Lipinski definition) is 2. The van der Waals surface area contributed by atoms with Crippen LogP contribution in [0.2, 0.25) is 0 Å². The maximum atomic E-state index is 13.1. The fraction of sp³-hybridized carbons (Fsp3) is 0.311. The molecule has 6 rings (SSSR count). The number of nitrogens with zero attached hydrogens (tertiary/aromatic N) is 2. The van der Waals surface area contributed by atoms with Crippen molar-refractivity contribution < 1.29 is 19.3 Å². The summed E-state index contributed by atoms with van der Waals surface area (Å²) in [6, 6.07) is 25.5. The van der Waals surface area contributed by atoms with Crippen LogP contribution >= 0.6 is 0 Å². The van der Waals surface area contributed by atoms with Crippen LogP contribution in [0.5, 0.6) is 0 Å². The molecule has 0 amide bonds. The number of carbonyl (C=O) groups is 2. The average molecular weight is 681 g/mol. The van der Waals surface area contributed by atoms with E-state index in [4.69, 9.17) is 0 Å². The lowest BCUT2D eigenvalue weighted by molar-refractivity contribution is -0.436. The Hall–Kier alpha value is -5.07. The molecule has 6 nitrogen and oxygen atoms in total. The molecule has 0 fully saturated rings. The lowest BCUT2D eigenvalue weighted by Gasteiger charge is -2.26. The van der Waals surface area contributed by atoms with E-state index >= 15 is 0 Å². The highest BCUT2D eigenvalue weighted by molar-refractivity contribution is 6.07. The number of hydrogen-bond acceptors (Lipinski definition) is 4. The van der Waals surface area contributed by atoms with Gasteiger partial charge in [-0.05, 0) is 72.6 Å². The lowest BCUT2D eigenvalue weighted by Crippen LogP contribution is -2.35. The number of fused-ring (bicyclic) bond motifs is 6. The molecule has 2 aliphatic rings. The molecule has 0 aromatic heterocycles. The largest absolute Gasteiger partial charge is 0.481 e. The molecule has 2 heterocycles. The molecule has 0 bridgehead atoms. The molecule has 0 radical (unpaired) electrons. The average Bonchev–Trinajstić information content (AvgIpc) is 3.48. The Balaban J connectivity index is 1.28. The topological polar surface area (TPSA) is 72.7 Å². The molecule has 4 aromatic rings. The van der Waals surface area contributed by atoms with Crippen molar-refractivity contribution in [1.29, 1.82) is 0 Å². The van der Waals surface area contributed by atoms with Gasteiger partial charge in [0.1, 0.15) is 0 Å². The summed E-state index contributed by atoms with van der Waals surface area (Å²) < 4.78 is 2.34. The van der Waals surface area contributed by atoms with Crippen molar-refractivity contribution >= 4 is 50.4 Å². The van der Waals surface area contributed by atoms with Gasteiger partial charge >= 0.3 is 5.97 Å². The number of carboxylic acid groups (broad SMARTS) is 1. The van der Waals surface area contributed by atoms with Crippen LogP contribution in [-0.4, -0.2) is 53.3 Å². The summed E-state index contributed by atoms with van der Waals surface area (Å²) in [6.07, 6.45) is 15.8. The van der Waals surface area contributed by atoms with Gasteiger partial charge < -0.3 is 15.3 Å². The molecule has 262 valence electrons. The highest BCUT2D eigenvalue weighted by atomic mass is 16.4. The predicted octanol–water partition coefficient (Wildman–Crippen LogP) is 9.15. The first-order valence-corrected chi connectivity index (χ1v) is 18.1. The van der Waals surface area contributed by atoms with Gasteiger partial charge in [-0.1, -0.05) is 106 Å². The highest BCUT2D eigenvalue weighted by Crippen LogP contribution is 2.51. The fourth-order valence-corrected chi connectivity index (χ4v) is 8.23. The van der Waals surface area contributed by atoms with Gasteiger partial charge in [0.25, 0.3) is 0 Å². The van der Waals surface area contributed by atoms with Crippen LogP contribution < -0.4 is 10.2 Å². The minimum atomic E-state index is -0.806. The Morgan fingerprint density at radius 2 is 1.43 bits per heavy atom. The number of anilines is 1. The standard InChI is InChI=1S/C45H49N3O3/c1-7-35(46-6)38(49)27-29-47-36-25-23-31-17-13-15-19-33(31)42(36)44(2,3)39(47)21-11-9-8-10-12-22-40-45(4,5)43-34-20-16-14-18-32(34)24-26-37(43)48(40)30-28-41(50)51/h8-26,35,46H,7,27-30H2,1-6H3/p+1. The Morgan fingerprint density at radius 1 is 0.804 bits per heavy atom. The molecular formula is C45H50N3O3+. The first kappa shape index (κ1) is 35.7. The first-order chi connectivity index (χ1) is 24.5. The third-order valence-electron chi connectivity index (χ3n) is 10.7. The molecule has 1 atom stereocenters. The van der Waals surface area contributed by atoms with Gasteiger partial charge in [0.05, 0.1) is 24.3 Å². The van der Waals surface area contributed by atoms with E-state index in [0.717, 1.165) is 17.8 Å². The van der Waals surface area contributed by atoms with Gasteiger partial charge in [-0.2, -0.15) is 4.58 Å². The number of allylic oxidation sites excluding steroid dienone is 8. The minimum absolute atomic E-state index is 0.0583. The zero-order chi connectivity index (χ0) is 36.3. The van der Waals surface area contributed by atoms with E-state index in [9.17, 15) is 14.7 Å². The van der Waals surface area contributed by atoms with Crippen LogP contribution in [0, 0.1) is 0 Å². The van der Waals surface area contributed by atoms with Crippen LogP contribution in [0.1, 0.15) is 65.0 Å². The summed E-state index contributed by atoms with van der Waals surface area (Å²) in [5.74, 6) is -0.572. The monoisotopic (exact) mass is 680 g/mol. The summed E-state index contributed by atoms with van der Waals surface area (Å²) in [4.78, 5) is 26.9. The summed E-state index contributed by atoms with van der Waals surface area (Å²) in [7, 11) is 1.86. The van der Waals surface area contributed by atoms with E-state index in [2.05, 4.69) is 134 Å². The van der Waals surface area contributed by atoms with Gasteiger partial charge in [-0.15, -0.1) is 0 Å². The van der Waals surface area contributed by atoms with Crippen molar-refractivity contribution in [3.05, 3.63) is 132 Å². The number of nitrogens with one attached hydrogen (secondary N) is 1. The Labute approximate surface area is 302 Å². The minimum Gasteiger partial charge on any atom is -0.481 e. The normalized spacial score (nSPS) is 17.8. The van der Waals surface area contributed by atoms with E-state index < -0.39 is 5.97 Å². The van der Waals surface area contributed by atoms with Crippen molar-refractivity contribution in [1.82, 2.24) is 5.32 Å². The van der Waals surface area contributed by atoms with E-state index in [1.807, 2.05) is 38.3 Å². The number of ketones is 1. The van der Waals surface area contributed by atoms with Crippen LogP contribution in [0.15, 0.2) is 121 Å². The second kappa shape index (κ2) is 14.7. The maximum absolute atomic E-state index is 13.1. The number of likely N-dealkylation sites (N-methyl/N-ethyl adjacent to an activating group) is 1. The van der Waals surface area contributed by atoms with Crippen molar-refractivity contribution in [3.8, 4) is 0 Å². The fourth-order valence-electron chi connectivity index (χ4n) is 8.23. The zero-order valence-electron chi connectivity index (χ0n) is 30.7. The zero-order valence-corrected chi connectivity index (χ0v) is 30.7. The second-order valence-electron chi connectivity index (χ2n) is 14.6. The summed E-state index contributed by atoms with van der Waals surface area (Å²) in [5, 5.41) is 17.5. The Bertz CT molecular complexity index is 2140. The molecule has 2 aliphatic heterocycles. The quantitative estimate of drug-likeness (QED) is 0.109. The summed E-state index contributed by atoms with van der Waals surface area (Å²) in [6.45, 7) is 12.1. The Kier molecular flexibility index (Phi) is 10.3. The molecule has 2 N–H and O–H groups in total. The molecule has 0 saturated heterocycles. The van der Waals surface area contributed by atoms with Crippen molar-refractivity contribution in [2.75, 3.05) is 25.0 Å². The van der Waals surface area contributed by atoms with Crippen LogP contribution in [0.3, 0.4) is 0 Å². The highest BCUT2D eigenvalue weighted by Gasteiger charge is 2.45. The molecule has 0 saturated carbocycles. The molecule has 1 unspecified atom stereocenters. The predicted molar refractivity (Wildman–Crippen MR) is 212 cm³/mol. The molecule has 0 spiro atoms. The third kappa shape index (κ3) is 6.73. The third-order valence-corrected chi connectivity index (χ3v) is 10.7. The number of Topliss-reactive ketones (excluding diaryl/α,β-unsaturated/α-hetero) is 1. The van der Waals surface area contributed by atoms with Crippen molar-refractivity contribution in [3.63, 3.8) is 0 Å². The lowest BCUT2D eigenvalue weighted by atomic mass is 9.79. The van der Waals surface area contributed by atoms with E-state index in [0.29, 0.717) is 19.5 Å². The van der Waals surface area contributed by atoms with Gasteiger partial charge in [0, 0.05) is 41.1 Å². The smallest absolute Gasteiger partial charge is 0.305 e. The van der Waals surface area contributed by atoms with E-state index in [-0.39, 0.29) is 29.1 Å². The first-order valence-electron chi connectivity index (χ1n) is 18.1. The van der Waals surface area contributed by atoms with Gasteiger partial charge in [-0.3, -0.25) is 9.59 Å². The molecule has 6 heteroatoms. The second-order valence-corrected chi connectivity index (χ2v) is 14.6. The number of rotatable bonds is 13. The van der Waals surface area contributed by atoms with Crippen LogP contribution in [0.25, 0.3) is 21.5 Å². The maximum Gasteiger partial charge on any atom is 0.305 e. The molecule has 0 aliphatic carbocycles. The van der Waals surface area contributed by atoms with Crippen molar-refractivity contribution in [2.24, 2.45) is 0 Å². The summed E-state index contributed by atoms with van der Waals surface area (Å²) >= 11 is 0. The number of benzene rings is 4. The Morgan fingerprint density at radius 3 is 2.10 bits per heavy atom. The van der Waals surface area contributed by atoms with Crippen LogP contribution in [-0.2, 0) is 20.4 Å². The molecule has 51 heavy (non-hydrogen) atoms. The number of aliphatic carboxylic acids is 1. The van der Waals surface area contributed by atoms with Crippen LogP contribution in [0.4, 0.5) is 11.4 Å². The number of carboxylic acids is 1. The summed E-state index contributed by atoms with van der Waals surface area (Å²) in [5.41, 5.74) is 6.45. The SMILES string of the molecule is CCC(NC)C(=O)CC[N+]1=C(/C=C/C=C/C=C/C=C2/N(CCC(=O)O)c3ccc4ccccc4c3C2(C)C)C(C)(C)c2c1ccc1ccccc21. The molecular weight excluding hydrogens is 631 g/mol.